The predicted molar refractivity (Wildman–Crippen MR) is 66.3 cm³/mol. The quantitative estimate of drug-likeness (QED) is 0.791. The third-order valence-electron chi connectivity index (χ3n) is 2.26. The third kappa shape index (κ3) is 2.50. The fraction of sp³-hybridized carbons (Fsp3) is 0.273. The highest BCUT2D eigenvalue weighted by Gasteiger charge is 2.19. The first kappa shape index (κ1) is 12.5. The van der Waals surface area contributed by atoms with Gasteiger partial charge in [-0.3, -0.25) is 0 Å². The molecule has 1 atom stereocenters. The van der Waals surface area contributed by atoms with Crippen molar-refractivity contribution in [2.24, 2.45) is 0 Å². The van der Waals surface area contributed by atoms with E-state index >= 15 is 0 Å². The molecule has 0 fully saturated rings. The van der Waals surface area contributed by atoms with Crippen LogP contribution >= 0.6 is 27.5 Å². The van der Waals surface area contributed by atoms with Crippen LogP contribution in [0.5, 0.6) is 0 Å². The van der Waals surface area contributed by atoms with Crippen molar-refractivity contribution in [3.8, 4) is 11.5 Å². The lowest BCUT2D eigenvalue weighted by Crippen LogP contribution is -1.91. The number of halogens is 3. The Labute approximate surface area is 111 Å². The number of alkyl halides is 1. The number of rotatable bonds is 3. The van der Waals surface area contributed by atoms with Crippen molar-refractivity contribution in [1.29, 1.82) is 0 Å². The average molecular weight is 320 g/mol. The first-order chi connectivity index (χ1) is 8.13. The summed E-state index contributed by atoms with van der Waals surface area (Å²) in [5.41, 5.74) is 0.256. The van der Waals surface area contributed by atoms with Gasteiger partial charge in [0.2, 0.25) is 0 Å². The zero-order valence-electron chi connectivity index (χ0n) is 8.95. The molecule has 0 amide bonds. The lowest BCUT2D eigenvalue weighted by Gasteiger charge is -2.00. The molecule has 6 heteroatoms. The molecule has 17 heavy (non-hydrogen) atoms. The molecule has 0 N–H and O–H groups in total. The van der Waals surface area contributed by atoms with Crippen LogP contribution in [0.15, 0.2) is 27.2 Å². The van der Waals surface area contributed by atoms with Gasteiger partial charge >= 0.3 is 0 Å². The summed E-state index contributed by atoms with van der Waals surface area (Å²) >= 11 is 9.23. The molecule has 1 unspecified atom stereocenters. The fourth-order valence-corrected chi connectivity index (χ4v) is 1.95. The molecule has 0 spiro atoms. The van der Waals surface area contributed by atoms with E-state index in [-0.39, 0.29) is 16.8 Å². The molecule has 2 aromatic rings. The van der Waals surface area contributed by atoms with E-state index in [4.69, 9.17) is 16.1 Å². The summed E-state index contributed by atoms with van der Waals surface area (Å²) in [6, 6.07) is 4.64. The van der Waals surface area contributed by atoms with E-state index in [1.54, 1.807) is 12.1 Å². The molecule has 0 saturated carbocycles. The molecular formula is C11H9BrClFN2O. The normalized spacial score (nSPS) is 12.7. The van der Waals surface area contributed by atoms with Crippen molar-refractivity contribution in [1.82, 2.24) is 10.1 Å². The Hall–Kier alpha value is -0.940. The monoisotopic (exact) mass is 318 g/mol. The molecule has 0 aliphatic heterocycles. The zero-order chi connectivity index (χ0) is 12.4. The lowest BCUT2D eigenvalue weighted by molar-refractivity contribution is 0.419. The van der Waals surface area contributed by atoms with E-state index in [2.05, 4.69) is 26.1 Å². The molecule has 0 aliphatic carbocycles. The van der Waals surface area contributed by atoms with Gasteiger partial charge in [-0.1, -0.05) is 18.1 Å². The Kier molecular flexibility index (Phi) is 3.79. The van der Waals surface area contributed by atoms with Crippen LogP contribution in [0, 0.1) is 5.82 Å². The molecule has 1 heterocycles. The number of benzene rings is 1. The highest BCUT2D eigenvalue weighted by Crippen LogP contribution is 2.31. The van der Waals surface area contributed by atoms with E-state index in [1.807, 2.05) is 6.92 Å². The molecule has 0 aliphatic rings. The van der Waals surface area contributed by atoms with Crippen molar-refractivity contribution in [3.63, 3.8) is 0 Å². The van der Waals surface area contributed by atoms with Gasteiger partial charge in [-0.2, -0.15) is 4.98 Å². The topological polar surface area (TPSA) is 38.9 Å². The number of hydrogen-bond acceptors (Lipinski definition) is 3. The van der Waals surface area contributed by atoms with Gasteiger partial charge in [-0.15, -0.1) is 11.6 Å². The van der Waals surface area contributed by atoms with Crippen molar-refractivity contribution in [2.45, 2.75) is 18.7 Å². The molecule has 1 aromatic heterocycles. The van der Waals surface area contributed by atoms with E-state index in [9.17, 15) is 4.39 Å². The minimum atomic E-state index is -0.419. The molecule has 3 nitrogen and oxygen atoms in total. The molecule has 0 radical (unpaired) electrons. The van der Waals surface area contributed by atoms with Crippen LogP contribution < -0.4 is 0 Å². The maximum absolute atomic E-state index is 13.6. The average Bonchev–Trinajstić information content (AvgIpc) is 2.77. The number of hydrogen-bond donors (Lipinski definition) is 0. The van der Waals surface area contributed by atoms with Crippen LogP contribution in [0.2, 0.25) is 0 Å². The minimum absolute atomic E-state index is 0.129. The summed E-state index contributed by atoms with van der Waals surface area (Å²) in [7, 11) is 0. The fourth-order valence-electron chi connectivity index (χ4n) is 1.35. The summed E-state index contributed by atoms with van der Waals surface area (Å²) in [5, 5.41) is 3.42. The van der Waals surface area contributed by atoms with E-state index < -0.39 is 5.82 Å². The maximum Gasteiger partial charge on any atom is 0.262 e. The van der Waals surface area contributed by atoms with Gasteiger partial charge in [0.15, 0.2) is 5.82 Å². The van der Waals surface area contributed by atoms with Gasteiger partial charge in [-0.25, -0.2) is 4.39 Å². The summed E-state index contributed by atoms with van der Waals surface area (Å²) in [6.07, 6.45) is 0.680. The van der Waals surface area contributed by atoms with Gasteiger partial charge in [0, 0.05) is 4.47 Å². The second-order valence-electron chi connectivity index (χ2n) is 3.43. The summed E-state index contributed by atoms with van der Waals surface area (Å²) < 4.78 is 19.2. The SMILES string of the molecule is CCC(Cl)c1noc(-c2c(F)cccc2Br)n1. The van der Waals surface area contributed by atoms with Crippen LogP contribution in [0.3, 0.4) is 0 Å². The summed E-state index contributed by atoms with van der Waals surface area (Å²) in [6.45, 7) is 1.91. The van der Waals surface area contributed by atoms with E-state index in [1.165, 1.54) is 6.07 Å². The van der Waals surface area contributed by atoms with Crippen molar-refractivity contribution >= 4 is 27.5 Å². The van der Waals surface area contributed by atoms with Crippen LogP contribution in [0.1, 0.15) is 24.5 Å². The number of aromatic nitrogens is 2. The zero-order valence-corrected chi connectivity index (χ0v) is 11.3. The standard InChI is InChI=1S/C11H9BrClFN2O/c1-2-7(13)10-15-11(17-16-10)9-6(12)4-3-5-8(9)14/h3-5,7H,2H2,1H3. The minimum Gasteiger partial charge on any atom is -0.334 e. The molecule has 1 aromatic carbocycles. The van der Waals surface area contributed by atoms with Crippen molar-refractivity contribution in [2.75, 3.05) is 0 Å². The van der Waals surface area contributed by atoms with E-state index in [0.717, 1.165) is 0 Å². The highest BCUT2D eigenvalue weighted by molar-refractivity contribution is 9.10. The smallest absolute Gasteiger partial charge is 0.262 e. The second-order valence-corrected chi connectivity index (χ2v) is 4.81. The Balaban J connectivity index is 2.44. The lowest BCUT2D eigenvalue weighted by atomic mass is 10.2. The van der Waals surface area contributed by atoms with Gasteiger partial charge in [0.1, 0.15) is 5.82 Å². The van der Waals surface area contributed by atoms with Crippen LogP contribution in [-0.4, -0.2) is 10.1 Å². The van der Waals surface area contributed by atoms with Crippen LogP contribution in [-0.2, 0) is 0 Å². The van der Waals surface area contributed by atoms with Crippen LogP contribution in [0.25, 0.3) is 11.5 Å². The maximum atomic E-state index is 13.6. The Bertz CT molecular complexity index is 512. The molecule has 2 rings (SSSR count). The Morgan fingerprint density at radius 1 is 1.53 bits per heavy atom. The summed E-state index contributed by atoms with van der Waals surface area (Å²) in [4.78, 5) is 4.09. The van der Waals surface area contributed by atoms with Crippen molar-refractivity contribution < 1.29 is 8.91 Å². The highest BCUT2D eigenvalue weighted by atomic mass is 79.9. The van der Waals surface area contributed by atoms with Gasteiger partial charge < -0.3 is 4.52 Å². The Morgan fingerprint density at radius 3 is 2.94 bits per heavy atom. The van der Waals surface area contributed by atoms with Gasteiger partial charge in [-0.05, 0) is 34.5 Å². The third-order valence-corrected chi connectivity index (χ3v) is 3.42. The largest absolute Gasteiger partial charge is 0.334 e. The second kappa shape index (κ2) is 5.14. The van der Waals surface area contributed by atoms with Gasteiger partial charge in [0.25, 0.3) is 5.89 Å². The molecule has 0 saturated heterocycles. The number of nitrogens with zero attached hydrogens (tertiary/aromatic N) is 2. The summed E-state index contributed by atoms with van der Waals surface area (Å²) in [5.74, 6) is 0.0839. The Morgan fingerprint density at radius 2 is 2.29 bits per heavy atom. The molecule has 0 bridgehead atoms. The molecular weight excluding hydrogens is 310 g/mol. The first-order valence-electron chi connectivity index (χ1n) is 5.05. The van der Waals surface area contributed by atoms with Crippen LogP contribution in [0.4, 0.5) is 4.39 Å². The molecule has 90 valence electrons. The van der Waals surface area contributed by atoms with Crippen molar-refractivity contribution in [3.05, 3.63) is 34.3 Å². The first-order valence-corrected chi connectivity index (χ1v) is 6.28. The van der Waals surface area contributed by atoms with E-state index in [0.29, 0.717) is 16.7 Å². The predicted octanol–water partition coefficient (Wildman–Crippen LogP) is 4.33. The van der Waals surface area contributed by atoms with Gasteiger partial charge in [0.05, 0.1) is 10.9 Å².